The molecule has 0 N–H and O–H groups in total. The van der Waals surface area contributed by atoms with E-state index >= 15 is 0 Å². The molecule has 8 heteroatoms. The van der Waals surface area contributed by atoms with Crippen molar-refractivity contribution in [3.05, 3.63) is 33.3 Å². The van der Waals surface area contributed by atoms with Crippen LogP contribution in [0.3, 0.4) is 0 Å². The third-order valence-corrected chi connectivity index (χ3v) is 5.07. The van der Waals surface area contributed by atoms with E-state index in [1.165, 1.54) is 7.11 Å². The van der Waals surface area contributed by atoms with Crippen LogP contribution in [0.4, 0.5) is 0 Å². The van der Waals surface area contributed by atoms with Gasteiger partial charge in [0.1, 0.15) is 6.07 Å². The second kappa shape index (κ2) is 10.1. The van der Waals surface area contributed by atoms with Gasteiger partial charge in [-0.2, -0.15) is 5.26 Å². The summed E-state index contributed by atoms with van der Waals surface area (Å²) in [6, 6.07) is 5.41. The van der Waals surface area contributed by atoms with Crippen LogP contribution in [0.1, 0.15) is 11.1 Å². The monoisotopic (exact) mass is 398 g/mol. The van der Waals surface area contributed by atoms with E-state index in [0.717, 1.165) is 32.7 Å². The number of halogens is 2. The van der Waals surface area contributed by atoms with Gasteiger partial charge in [0.2, 0.25) is 0 Å². The Morgan fingerprint density at radius 3 is 2.62 bits per heavy atom. The predicted octanol–water partition coefficient (Wildman–Crippen LogP) is 2.09. The number of piperazine rings is 1. The standard InChI is InChI=1S/C18H24Cl2N4O2/c1-22-3-5-23(6-4-22)7-8-24(13-18(25)26-2)12-14-9-15(19)10-17(20)16(14)11-21/h9-10H,3-8,12-13H2,1-2H3. The first-order chi connectivity index (χ1) is 12.4. The summed E-state index contributed by atoms with van der Waals surface area (Å²) in [7, 11) is 3.49. The Balaban J connectivity index is 2.07. The first-order valence-electron chi connectivity index (χ1n) is 8.51. The van der Waals surface area contributed by atoms with E-state index in [9.17, 15) is 10.1 Å². The topological polar surface area (TPSA) is 59.8 Å². The molecular weight excluding hydrogens is 375 g/mol. The molecule has 0 spiro atoms. The molecule has 1 saturated heterocycles. The molecule has 0 bridgehead atoms. The van der Waals surface area contributed by atoms with Gasteiger partial charge >= 0.3 is 5.97 Å². The van der Waals surface area contributed by atoms with Gasteiger partial charge in [0.05, 0.1) is 24.2 Å². The summed E-state index contributed by atoms with van der Waals surface area (Å²) >= 11 is 12.2. The molecule has 0 saturated carbocycles. The molecule has 0 aromatic heterocycles. The van der Waals surface area contributed by atoms with Gasteiger partial charge in [-0.1, -0.05) is 23.2 Å². The number of ether oxygens (including phenoxy) is 1. The van der Waals surface area contributed by atoms with E-state index in [-0.39, 0.29) is 12.5 Å². The Hall–Kier alpha value is -1.36. The van der Waals surface area contributed by atoms with Gasteiger partial charge < -0.3 is 9.64 Å². The van der Waals surface area contributed by atoms with Gasteiger partial charge in [-0.15, -0.1) is 0 Å². The lowest BCUT2D eigenvalue weighted by Crippen LogP contribution is -2.47. The zero-order valence-corrected chi connectivity index (χ0v) is 16.7. The van der Waals surface area contributed by atoms with Crippen molar-refractivity contribution < 1.29 is 9.53 Å². The predicted molar refractivity (Wildman–Crippen MR) is 102 cm³/mol. The van der Waals surface area contributed by atoms with Gasteiger partial charge in [-0.25, -0.2) is 0 Å². The highest BCUT2D eigenvalue weighted by Gasteiger charge is 2.19. The molecule has 1 fully saturated rings. The molecule has 0 radical (unpaired) electrons. The highest BCUT2D eigenvalue weighted by molar-refractivity contribution is 6.35. The van der Waals surface area contributed by atoms with Crippen molar-refractivity contribution in [2.75, 3.05) is 60.0 Å². The lowest BCUT2D eigenvalue weighted by molar-refractivity contribution is -0.142. The number of rotatable bonds is 7. The number of nitriles is 1. The Morgan fingerprint density at radius 2 is 2.00 bits per heavy atom. The van der Waals surface area contributed by atoms with Crippen molar-refractivity contribution in [3.63, 3.8) is 0 Å². The number of esters is 1. The van der Waals surface area contributed by atoms with Crippen molar-refractivity contribution in [1.82, 2.24) is 14.7 Å². The molecule has 0 amide bonds. The van der Waals surface area contributed by atoms with Crippen LogP contribution in [-0.2, 0) is 16.1 Å². The van der Waals surface area contributed by atoms with Crippen molar-refractivity contribution in [3.8, 4) is 6.07 Å². The van der Waals surface area contributed by atoms with Crippen molar-refractivity contribution >= 4 is 29.2 Å². The van der Waals surface area contributed by atoms with E-state index in [4.69, 9.17) is 27.9 Å². The summed E-state index contributed by atoms with van der Waals surface area (Å²) in [5, 5.41) is 10.2. The second-order valence-electron chi connectivity index (χ2n) is 6.47. The van der Waals surface area contributed by atoms with Gasteiger partial charge in [0.25, 0.3) is 0 Å². The van der Waals surface area contributed by atoms with E-state index in [1.807, 2.05) is 4.90 Å². The van der Waals surface area contributed by atoms with Crippen molar-refractivity contribution in [2.45, 2.75) is 6.54 Å². The summed E-state index contributed by atoms with van der Waals surface area (Å²) in [5.41, 5.74) is 1.11. The molecule has 2 rings (SSSR count). The lowest BCUT2D eigenvalue weighted by atomic mass is 10.1. The second-order valence-corrected chi connectivity index (χ2v) is 7.31. The minimum Gasteiger partial charge on any atom is -0.468 e. The molecule has 1 heterocycles. The number of nitrogens with zero attached hydrogens (tertiary/aromatic N) is 4. The van der Waals surface area contributed by atoms with Crippen LogP contribution in [0.25, 0.3) is 0 Å². The van der Waals surface area contributed by atoms with Gasteiger partial charge in [0, 0.05) is 50.8 Å². The molecule has 0 atom stereocenters. The molecule has 6 nitrogen and oxygen atoms in total. The van der Waals surface area contributed by atoms with E-state index in [2.05, 4.69) is 22.9 Å². The molecular formula is C18H24Cl2N4O2. The number of hydrogen-bond acceptors (Lipinski definition) is 6. The normalized spacial score (nSPS) is 15.8. The Labute approximate surface area is 164 Å². The molecule has 1 aromatic carbocycles. The van der Waals surface area contributed by atoms with Crippen molar-refractivity contribution in [2.24, 2.45) is 0 Å². The van der Waals surface area contributed by atoms with E-state index < -0.39 is 0 Å². The smallest absolute Gasteiger partial charge is 0.319 e. The van der Waals surface area contributed by atoms with Crippen LogP contribution in [0.5, 0.6) is 0 Å². The molecule has 142 valence electrons. The summed E-state index contributed by atoms with van der Waals surface area (Å²) in [6.07, 6.45) is 0. The van der Waals surface area contributed by atoms with Crippen LogP contribution in [0, 0.1) is 11.3 Å². The fourth-order valence-electron chi connectivity index (χ4n) is 2.93. The highest BCUT2D eigenvalue weighted by atomic mass is 35.5. The summed E-state index contributed by atoms with van der Waals surface area (Å²) in [6.45, 7) is 6.20. The highest BCUT2D eigenvalue weighted by Crippen LogP contribution is 2.25. The first-order valence-corrected chi connectivity index (χ1v) is 9.26. The van der Waals surface area contributed by atoms with Gasteiger partial charge in [0.15, 0.2) is 0 Å². The minimum absolute atomic E-state index is 0.152. The zero-order chi connectivity index (χ0) is 19.1. The maximum atomic E-state index is 11.8. The quantitative estimate of drug-likeness (QED) is 0.655. The number of hydrogen-bond donors (Lipinski definition) is 0. The van der Waals surface area contributed by atoms with Crippen LogP contribution < -0.4 is 0 Å². The number of likely N-dealkylation sites (N-methyl/N-ethyl adjacent to an activating group) is 1. The fraction of sp³-hybridized carbons (Fsp3) is 0.556. The SMILES string of the molecule is COC(=O)CN(CCN1CCN(C)CC1)Cc1cc(Cl)cc(Cl)c1C#N. The van der Waals surface area contributed by atoms with Crippen LogP contribution in [0.15, 0.2) is 12.1 Å². The average molecular weight is 399 g/mol. The minimum atomic E-state index is -0.310. The van der Waals surface area contributed by atoms with Gasteiger partial charge in [-0.05, 0) is 24.7 Å². The number of carbonyl (C=O) groups excluding carboxylic acids is 1. The van der Waals surface area contributed by atoms with Crippen molar-refractivity contribution in [1.29, 1.82) is 5.26 Å². The molecule has 1 aromatic rings. The Morgan fingerprint density at radius 1 is 1.31 bits per heavy atom. The van der Waals surface area contributed by atoms with E-state index in [0.29, 0.717) is 34.3 Å². The number of benzene rings is 1. The summed E-state index contributed by atoms with van der Waals surface area (Å²) < 4.78 is 4.81. The summed E-state index contributed by atoms with van der Waals surface area (Å²) in [4.78, 5) is 18.4. The third kappa shape index (κ3) is 6.11. The van der Waals surface area contributed by atoms with Crippen LogP contribution in [-0.4, -0.2) is 80.6 Å². The number of carbonyl (C=O) groups is 1. The molecule has 26 heavy (non-hydrogen) atoms. The maximum Gasteiger partial charge on any atom is 0.319 e. The Kier molecular flexibility index (Phi) is 8.14. The maximum absolute atomic E-state index is 11.8. The van der Waals surface area contributed by atoms with E-state index in [1.54, 1.807) is 12.1 Å². The molecule has 0 unspecified atom stereocenters. The Bertz CT molecular complexity index is 670. The summed E-state index contributed by atoms with van der Waals surface area (Å²) in [5.74, 6) is -0.310. The number of methoxy groups -OCH3 is 1. The molecule has 0 aliphatic carbocycles. The molecule has 1 aliphatic heterocycles. The fourth-order valence-corrected chi connectivity index (χ4v) is 3.51. The lowest BCUT2D eigenvalue weighted by Gasteiger charge is -2.33. The van der Waals surface area contributed by atoms with Crippen LogP contribution >= 0.6 is 23.2 Å². The molecule has 1 aliphatic rings. The largest absolute Gasteiger partial charge is 0.468 e. The van der Waals surface area contributed by atoms with Crippen LogP contribution in [0.2, 0.25) is 10.0 Å². The average Bonchev–Trinajstić information content (AvgIpc) is 2.60. The zero-order valence-electron chi connectivity index (χ0n) is 15.2. The third-order valence-electron chi connectivity index (χ3n) is 4.55. The van der Waals surface area contributed by atoms with Gasteiger partial charge in [-0.3, -0.25) is 14.6 Å². The first kappa shape index (κ1) is 20.9.